The fraction of sp³-hybridized carbons (Fsp3) is 0. The van der Waals surface area contributed by atoms with Crippen LogP contribution in [-0.2, 0) is 0 Å². The minimum absolute atomic E-state index is 0.0758. The van der Waals surface area contributed by atoms with Crippen molar-refractivity contribution in [3.63, 3.8) is 0 Å². The van der Waals surface area contributed by atoms with Gasteiger partial charge in [0.15, 0.2) is 5.82 Å². The second-order valence-corrected chi connectivity index (χ2v) is 4.37. The third kappa shape index (κ3) is 4.17. The van der Waals surface area contributed by atoms with Crippen LogP contribution < -0.4 is 5.43 Å². The Balaban J connectivity index is 2.01. The lowest BCUT2D eigenvalue weighted by molar-refractivity contribution is 0.585. The molecular formula is C15H11ClF2N2. The second-order valence-electron chi connectivity index (χ2n) is 3.93. The molecular weight excluding hydrogens is 282 g/mol. The van der Waals surface area contributed by atoms with E-state index >= 15 is 0 Å². The molecule has 2 rings (SSSR count). The molecule has 5 heteroatoms. The Morgan fingerprint density at radius 3 is 2.55 bits per heavy atom. The Labute approximate surface area is 120 Å². The van der Waals surface area contributed by atoms with E-state index in [0.717, 1.165) is 17.7 Å². The lowest BCUT2D eigenvalue weighted by Crippen LogP contribution is -1.93. The van der Waals surface area contributed by atoms with E-state index in [0.29, 0.717) is 5.03 Å². The number of benzene rings is 2. The molecule has 0 unspecified atom stereocenters. The lowest BCUT2D eigenvalue weighted by Gasteiger charge is -2.01. The predicted octanol–water partition coefficient (Wildman–Crippen LogP) is 4.64. The van der Waals surface area contributed by atoms with Gasteiger partial charge in [-0.05, 0) is 23.8 Å². The zero-order chi connectivity index (χ0) is 14.4. The lowest BCUT2D eigenvalue weighted by atomic mass is 10.2. The first-order valence-corrected chi connectivity index (χ1v) is 6.19. The minimum Gasteiger partial charge on any atom is -0.275 e. The molecule has 0 heterocycles. The van der Waals surface area contributed by atoms with E-state index < -0.39 is 11.6 Å². The summed E-state index contributed by atoms with van der Waals surface area (Å²) in [5.74, 6) is -1.36. The van der Waals surface area contributed by atoms with Crippen LogP contribution in [-0.4, -0.2) is 6.21 Å². The summed E-state index contributed by atoms with van der Waals surface area (Å²) in [6, 6.07) is 12.6. The summed E-state index contributed by atoms with van der Waals surface area (Å²) in [5.41, 5.74) is 3.46. The van der Waals surface area contributed by atoms with E-state index in [-0.39, 0.29) is 5.69 Å². The van der Waals surface area contributed by atoms with Crippen molar-refractivity contribution < 1.29 is 8.78 Å². The van der Waals surface area contributed by atoms with Crippen LogP contribution in [0.25, 0.3) is 6.08 Å². The van der Waals surface area contributed by atoms with Crippen molar-refractivity contribution in [3.8, 4) is 0 Å². The number of nitrogens with one attached hydrogen (secondary N) is 1. The van der Waals surface area contributed by atoms with Gasteiger partial charge in [0.05, 0.1) is 16.9 Å². The molecule has 0 aromatic heterocycles. The maximum Gasteiger partial charge on any atom is 0.151 e. The molecule has 2 nitrogen and oxygen atoms in total. The third-order valence-electron chi connectivity index (χ3n) is 2.41. The topological polar surface area (TPSA) is 24.4 Å². The number of halogens is 3. The number of hydrazone groups is 1. The second kappa shape index (κ2) is 6.82. The van der Waals surface area contributed by atoms with Crippen LogP contribution >= 0.6 is 11.6 Å². The number of rotatable bonds is 4. The molecule has 20 heavy (non-hydrogen) atoms. The van der Waals surface area contributed by atoms with Crippen LogP contribution in [0.4, 0.5) is 14.5 Å². The fourth-order valence-corrected chi connectivity index (χ4v) is 1.66. The van der Waals surface area contributed by atoms with Crippen molar-refractivity contribution >= 4 is 29.6 Å². The highest BCUT2D eigenvalue weighted by Gasteiger charge is 2.01. The van der Waals surface area contributed by atoms with Crippen molar-refractivity contribution in [3.05, 3.63) is 70.8 Å². The highest BCUT2D eigenvalue weighted by atomic mass is 35.5. The number of anilines is 1. The monoisotopic (exact) mass is 292 g/mol. The van der Waals surface area contributed by atoms with Crippen molar-refractivity contribution in [1.29, 1.82) is 0 Å². The first-order valence-electron chi connectivity index (χ1n) is 5.81. The van der Waals surface area contributed by atoms with Gasteiger partial charge in [0.2, 0.25) is 0 Å². The Kier molecular flexibility index (Phi) is 4.85. The molecule has 2 aromatic rings. The van der Waals surface area contributed by atoms with Gasteiger partial charge in [-0.25, -0.2) is 8.78 Å². The summed E-state index contributed by atoms with van der Waals surface area (Å²) >= 11 is 5.96. The smallest absolute Gasteiger partial charge is 0.151 e. The molecule has 0 bridgehead atoms. The molecule has 0 amide bonds. The van der Waals surface area contributed by atoms with Crippen LogP contribution in [0.2, 0.25) is 0 Å². The quantitative estimate of drug-likeness (QED) is 0.644. The average molecular weight is 293 g/mol. The molecule has 1 N–H and O–H groups in total. The van der Waals surface area contributed by atoms with Crippen LogP contribution in [0.15, 0.2) is 58.7 Å². The zero-order valence-corrected chi connectivity index (χ0v) is 11.1. The van der Waals surface area contributed by atoms with E-state index in [9.17, 15) is 8.78 Å². The van der Waals surface area contributed by atoms with Crippen molar-refractivity contribution in [2.75, 3.05) is 5.43 Å². The van der Waals surface area contributed by atoms with Crippen LogP contribution in [0.3, 0.4) is 0 Å². The molecule has 0 saturated heterocycles. The first-order chi connectivity index (χ1) is 9.65. The van der Waals surface area contributed by atoms with Crippen molar-refractivity contribution in [2.45, 2.75) is 0 Å². The number of hydrogen-bond acceptors (Lipinski definition) is 2. The molecule has 0 fully saturated rings. The fourth-order valence-electron chi connectivity index (χ4n) is 1.49. The van der Waals surface area contributed by atoms with Gasteiger partial charge in [0, 0.05) is 6.07 Å². The molecule has 0 saturated carbocycles. The summed E-state index contributed by atoms with van der Waals surface area (Å²) in [4.78, 5) is 0. The highest BCUT2D eigenvalue weighted by molar-refractivity contribution is 6.41. The molecule has 0 spiro atoms. The Morgan fingerprint density at radius 2 is 1.85 bits per heavy atom. The third-order valence-corrected chi connectivity index (χ3v) is 2.61. The van der Waals surface area contributed by atoms with Gasteiger partial charge in [-0.1, -0.05) is 41.9 Å². The van der Waals surface area contributed by atoms with Crippen LogP contribution in [0.5, 0.6) is 0 Å². The maximum atomic E-state index is 13.3. The van der Waals surface area contributed by atoms with E-state index in [2.05, 4.69) is 10.5 Å². The summed E-state index contributed by atoms with van der Waals surface area (Å²) < 4.78 is 26.0. The van der Waals surface area contributed by atoms with Crippen LogP contribution in [0.1, 0.15) is 5.56 Å². The SMILES string of the molecule is Fc1ccc(N/N=C/C(Cl)=C/c2ccccc2)c(F)c1. The molecule has 2 aromatic carbocycles. The summed E-state index contributed by atoms with van der Waals surface area (Å²) in [6.45, 7) is 0. The largest absolute Gasteiger partial charge is 0.275 e. The number of allylic oxidation sites excluding steroid dienone is 1. The summed E-state index contributed by atoms with van der Waals surface area (Å²) in [6.07, 6.45) is 3.06. The highest BCUT2D eigenvalue weighted by Crippen LogP contribution is 2.15. The van der Waals surface area contributed by atoms with E-state index in [4.69, 9.17) is 11.6 Å². The average Bonchev–Trinajstić information content (AvgIpc) is 2.42. The molecule has 0 atom stereocenters. The predicted molar refractivity (Wildman–Crippen MR) is 78.7 cm³/mol. The Hall–Kier alpha value is -2.20. The first kappa shape index (κ1) is 14.2. The maximum absolute atomic E-state index is 13.3. The van der Waals surface area contributed by atoms with Crippen molar-refractivity contribution in [2.24, 2.45) is 5.10 Å². The molecule has 0 aliphatic heterocycles. The van der Waals surface area contributed by atoms with Gasteiger partial charge < -0.3 is 0 Å². The van der Waals surface area contributed by atoms with Gasteiger partial charge in [-0.3, -0.25) is 5.43 Å². The van der Waals surface area contributed by atoms with Gasteiger partial charge in [-0.2, -0.15) is 5.10 Å². The zero-order valence-electron chi connectivity index (χ0n) is 10.4. The normalized spacial score (nSPS) is 11.8. The number of hydrogen-bond donors (Lipinski definition) is 1. The molecule has 0 radical (unpaired) electrons. The van der Waals surface area contributed by atoms with Gasteiger partial charge in [0.25, 0.3) is 0 Å². The van der Waals surface area contributed by atoms with E-state index in [1.807, 2.05) is 30.3 Å². The van der Waals surface area contributed by atoms with Gasteiger partial charge >= 0.3 is 0 Å². The van der Waals surface area contributed by atoms with E-state index in [1.54, 1.807) is 6.08 Å². The van der Waals surface area contributed by atoms with E-state index in [1.165, 1.54) is 12.3 Å². The van der Waals surface area contributed by atoms with Crippen molar-refractivity contribution in [1.82, 2.24) is 0 Å². The van der Waals surface area contributed by atoms with Gasteiger partial charge in [-0.15, -0.1) is 0 Å². The van der Waals surface area contributed by atoms with Crippen LogP contribution in [0, 0.1) is 11.6 Å². The molecule has 0 aliphatic rings. The Bertz CT molecular complexity index is 640. The number of nitrogens with zero attached hydrogens (tertiary/aromatic N) is 1. The minimum atomic E-state index is -0.717. The van der Waals surface area contributed by atoms with Gasteiger partial charge in [0.1, 0.15) is 5.82 Å². The summed E-state index contributed by atoms with van der Waals surface area (Å²) in [5, 5.41) is 4.17. The standard InChI is InChI=1S/C15H11ClF2N2/c16-12(8-11-4-2-1-3-5-11)10-19-20-15-7-6-13(17)9-14(15)18/h1-10,20H/b12-8-,19-10+. The Morgan fingerprint density at radius 1 is 1.10 bits per heavy atom. The molecule has 0 aliphatic carbocycles. The molecule has 102 valence electrons. The summed E-state index contributed by atoms with van der Waals surface area (Å²) in [7, 11) is 0.